The van der Waals surface area contributed by atoms with Crippen LogP contribution in [0.2, 0.25) is 5.02 Å². The number of nitrogens with zero attached hydrogens (tertiary/aromatic N) is 2. The Morgan fingerprint density at radius 1 is 0.914 bits per heavy atom. The first kappa shape index (κ1) is 22.9. The van der Waals surface area contributed by atoms with Gasteiger partial charge in [-0.2, -0.15) is 0 Å². The molecule has 7 nitrogen and oxygen atoms in total. The molecule has 2 aliphatic rings. The predicted octanol–water partition coefficient (Wildman–Crippen LogP) is 5.36. The summed E-state index contributed by atoms with van der Waals surface area (Å²) >= 11 is 5.92. The van der Waals surface area contributed by atoms with Crippen LogP contribution in [-0.2, 0) is 4.79 Å². The smallest absolute Gasteiger partial charge is 0.260 e. The molecule has 0 spiro atoms. The van der Waals surface area contributed by atoms with E-state index in [0.29, 0.717) is 41.2 Å². The first-order valence-electron chi connectivity index (χ1n) is 11.6. The minimum Gasteiger partial charge on any atom is -0.506 e. The van der Waals surface area contributed by atoms with E-state index in [1.165, 1.54) is 12.1 Å². The molecule has 0 unspecified atom stereocenters. The number of amides is 3. The van der Waals surface area contributed by atoms with Crippen molar-refractivity contribution in [2.45, 2.75) is 31.8 Å². The normalized spacial score (nSPS) is 16.1. The summed E-state index contributed by atoms with van der Waals surface area (Å²) in [6.45, 7) is 0.465. The van der Waals surface area contributed by atoms with Crippen molar-refractivity contribution in [3.8, 4) is 5.75 Å². The van der Waals surface area contributed by atoms with Gasteiger partial charge in [0.15, 0.2) is 0 Å². The molecule has 0 radical (unpaired) electrons. The zero-order valence-electron chi connectivity index (χ0n) is 18.9. The summed E-state index contributed by atoms with van der Waals surface area (Å²) in [7, 11) is 0. The van der Waals surface area contributed by atoms with Crippen molar-refractivity contribution in [1.29, 1.82) is 0 Å². The van der Waals surface area contributed by atoms with E-state index in [4.69, 9.17) is 11.6 Å². The Morgan fingerprint density at radius 3 is 2.49 bits per heavy atom. The highest BCUT2D eigenvalue weighted by Crippen LogP contribution is 2.45. The maximum atomic E-state index is 13.4. The minimum atomic E-state index is -0.463. The lowest BCUT2D eigenvalue weighted by atomic mass is 10.0. The van der Waals surface area contributed by atoms with Crippen LogP contribution in [0.1, 0.15) is 58.1 Å². The van der Waals surface area contributed by atoms with E-state index < -0.39 is 6.17 Å². The van der Waals surface area contributed by atoms with Crippen molar-refractivity contribution in [2.24, 2.45) is 0 Å². The number of carbonyl (C=O) groups is 3. The SMILES string of the molecule is O=C(CCCCCN1C(=O)c2ccccc2N2C(=O)c3ccccc3[C@H]12)Nc1cc(Cl)ccc1O. The summed E-state index contributed by atoms with van der Waals surface area (Å²) in [5, 5.41) is 13.0. The fourth-order valence-electron chi connectivity index (χ4n) is 4.76. The molecule has 35 heavy (non-hydrogen) atoms. The molecule has 0 fully saturated rings. The second-order valence-electron chi connectivity index (χ2n) is 8.67. The molecule has 0 bridgehead atoms. The zero-order valence-corrected chi connectivity index (χ0v) is 19.7. The van der Waals surface area contributed by atoms with Crippen LogP contribution in [0.5, 0.6) is 5.75 Å². The molecule has 3 aromatic carbocycles. The van der Waals surface area contributed by atoms with Crippen LogP contribution in [0.3, 0.4) is 0 Å². The Kier molecular flexibility index (Phi) is 6.17. The lowest BCUT2D eigenvalue weighted by Gasteiger charge is -2.41. The fraction of sp³-hybridized carbons (Fsp3) is 0.222. The molecule has 3 aromatic rings. The molecule has 2 N–H and O–H groups in total. The average Bonchev–Trinajstić information content (AvgIpc) is 3.16. The maximum Gasteiger partial charge on any atom is 0.260 e. The number of benzene rings is 3. The number of aromatic hydroxyl groups is 1. The van der Waals surface area contributed by atoms with Gasteiger partial charge in [0.25, 0.3) is 11.8 Å². The third-order valence-corrected chi connectivity index (χ3v) is 6.65. The number of fused-ring (bicyclic) bond motifs is 5. The van der Waals surface area contributed by atoms with Gasteiger partial charge in [-0.15, -0.1) is 0 Å². The summed E-state index contributed by atoms with van der Waals surface area (Å²) in [5.41, 5.74) is 2.89. The first-order valence-corrected chi connectivity index (χ1v) is 11.9. The van der Waals surface area contributed by atoms with Crippen molar-refractivity contribution >= 4 is 40.7 Å². The van der Waals surface area contributed by atoms with Crippen molar-refractivity contribution in [2.75, 3.05) is 16.8 Å². The van der Waals surface area contributed by atoms with Gasteiger partial charge in [0.2, 0.25) is 5.91 Å². The van der Waals surface area contributed by atoms with Crippen molar-refractivity contribution in [3.05, 3.63) is 88.4 Å². The lowest BCUT2D eigenvalue weighted by Crippen LogP contribution is -2.48. The highest BCUT2D eigenvalue weighted by molar-refractivity contribution is 6.31. The van der Waals surface area contributed by atoms with Crippen LogP contribution < -0.4 is 10.2 Å². The van der Waals surface area contributed by atoms with E-state index in [9.17, 15) is 19.5 Å². The van der Waals surface area contributed by atoms with Gasteiger partial charge in [0.1, 0.15) is 11.9 Å². The van der Waals surface area contributed by atoms with Crippen LogP contribution in [-0.4, -0.2) is 34.3 Å². The molecule has 5 rings (SSSR count). The summed E-state index contributed by atoms with van der Waals surface area (Å²) < 4.78 is 0. The third-order valence-electron chi connectivity index (χ3n) is 6.42. The van der Waals surface area contributed by atoms with E-state index in [0.717, 1.165) is 12.0 Å². The number of phenolic OH excluding ortho intramolecular Hbond substituents is 1. The van der Waals surface area contributed by atoms with Crippen molar-refractivity contribution in [3.63, 3.8) is 0 Å². The topological polar surface area (TPSA) is 90.0 Å². The van der Waals surface area contributed by atoms with Gasteiger partial charge in [-0.1, -0.05) is 48.4 Å². The Bertz CT molecular complexity index is 1330. The summed E-state index contributed by atoms with van der Waals surface area (Å²) in [6.07, 6.45) is 1.85. The molecular formula is C27H24ClN3O4. The van der Waals surface area contributed by atoms with E-state index in [1.807, 2.05) is 30.3 Å². The highest BCUT2D eigenvalue weighted by atomic mass is 35.5. The summed E-state index contributed by atoms with van der Waals surface area (Å²) in [6, 6.07) is 19.1. The molecule has 0 aliphatic carbocycles. The number of nitrogens with one attached hydrogen (secondary N) is 1. The number of unbranched alkanes of at least 4 members (excludes halogenated alkanes) is 2. The number of rotatable bonds is 7. The first-order chi connectivity index (χ1) is 17.0. The van der Waals surface area contributed by atoms with E-state index in [2.05, 4.69) is 5.32 Å². The van der Waals surface area contributed by atoms with E-state index in [1.54, 1.807) is 34.1 Å². The molecule has 2 aliphatic heterocycles. The monoisotopic (exact) mass is 489 g/mol. The van der Waals surface area contributed by atoms with E-state index >= 15 is 0 Å². The number of anilines is 2. The van der Waals surface area contributed by atoms with Crippen LogP contribution in [0.15, 0.2) is 66.7 Å². The Labute approximate surface area is 207 Å². The van der Waals surface area contributed by atoms with Crippen molar-refractivity contribution < 1.29 is 19.5 Å². The standard InChI is InChI=1S/C27H24ClN3O4/c28-17-13-14-23(32)21(16-17)29-24(33)12-2-1-7-15-30-25-18-8-3-4-9-19(18)27(35)31(25)22-11-6-5-10-20(22)26(30)34/h3-6,8-11,13-14,16,25,32H,1-2,7,12,15H2,(H,29,33)/t25-/m1/s1. The largest absolute Gasteiger partial charge is 0.506 e. The van der Waals surface area contributed by atoms with Gasteiger partial charge in [-0.3, -0.25) is 19.3 Å². The second-order valence-corrected chi connectivity index (χ2v) is 9.11. The van der Waals surface area contributed by atoms with E-state index in [-0.39, 0.29) is 35.6 Å². The Morgan fingerprint density at radius 2 is 1.66 bits per heavy atom. The van der Waals surface area contributed by atoms with Gasteiger partial charge in [-0.05, 0) is 49.2 Å². The fourth-order valence-corrected chi connectivity index (χ4v) is 4.94. The zero-order chi connectivity index (χ0) is 24.5. The molecule has 0 saturated carbocycles. The van der Waals surface area contributed by atoms with Crippen LogP contribution in [0, 0.1) is 0 Å². The van der Waals surface area contributed by atoms with Gasteiger partial charge in [-0.25, -0.2) is 0 Å². The molecule has 1 atom stereocenters. The number of hydrogen-bond donors (Lipinski definition) is 2. The second kappa shape index (κ2) is 9.43. The molecule has 2 heterocycles. The number of hydrogen-bond acceptors (Lipinski definition) is 4. The Hall–Kier alpha value is -3.84. The minimum absolute atomic E-state index is 0.0393. The van der Waals surface area contributed by atoms with Crippen molar-refractivity contribution in [1.82, 2.24) is 4.90 Å². The molecule has 3 amide bonds. The molecule has 8 heteroatoms. The van der Waals surface area contributed by atoms with Gasteiger partial charge >= 0.3 is 0 Å². The maximum absolute atomic E-state index is 13.4. The summed E-state index contributed by atoms with van der Waals surface area (Å²) in [4.78, 5) is 42.4. The number of carbonyl (C=O) groups excluding carboxylic acids is 3. The quantitative estimate of drug-likeness (QED) is 0.345. The van der Waals surface area contributed by atoms with Crippen LogP contribution in [0.25, 0.3) is 0 Å². The van der Waals surface area contributed by atoms with Gasteiger partial charge < -0.3 is 15.3 Å². The third kappa shape index (κ3) is 4.23. The van der Waals surface area contributed by atoms with Crippen LogP contribution in [0.4, 0.5) is 11.4 Å². The van der Waals surface area contributed by atoms with Gasteiger partial charge in [0, 0.05) is 29.1 Å². The van der Waals surface area contributed by atoms with Gasteiger partial charge in [0.05, 0.1) is 16.9 Å². The van der Waals surface area contributed by atoms with Crippen LogP contribution >= 0.6 is 11.6 Å². The Balaban J connectivity index is 1.24. The molecule has 0 aromatic heterocycles. The predicted molar refractivity (Wildman–Crippen MR) is 134 cm³/mol. The number of phenols is 1. The summed E-state index contributed by atoms with van der Waals surface area (Å²) in [5.74, 6) is -0.452. The molecule has 0 saturated heterocycles. The molecular weight excluding hydrogens is 466 g/mol. The average molecular weight is 490 g/mol. The molecule has 178 valence electrons. The number of halogens is 1. The number of para-hydroxylation sites is 1. The lowest BCUT2D eigenvalue weighted by molar-refractivity contribution is -0.116. The highest BCUT2D eigenvalue weighted by Gasteiger charge is 2.47.